The summed E-state index contributed by atoms with van der Waals surface area (Å²) in [5, 5.41) is 15.7. The van der Waals surface area contributed by atoms with Crippen LogP contribution in [0.3, 0.4) is 0 Å². The number of carbonyl (C=O) groups excluding carboxylic acids is 2. The van der Waals surface area contributed by atoms with Crippen molar-refractivity contribution in [3.8, 4) is 5.69 Å². The second-order valence-electron chi connectivity index (χ2n) is 9.02. The summed E-state index contributed by atoms with van der Waals surface area (Å²) in [6.07, 6.45) is 4.41. The number of nitro groups is 1. The molecule has 0 N–H and O–H groups in total. The zero-order valence-corrected chi connectivity index (χ0v) is 19.9. The molecule has 3 heterocycles. The summed E-state index contributed by atoms with van der Waals surface area (Å²) in [6.45, 7) is 5.34. The number of amides is 2. The molecule has 1 aromatic carbocycles. The van der Waals surface area contributed by atoms with Gasteiger partial charge in [0.25, 0.3) is 11.6 Å². The van der Waals surface area contributed by atoms with Crippen LogP contribution < -0.4 is 5.43 Å². The molecule has 0 radical (unpaired) electrons. The first-order chi connectivity index (χ1) is 16.8. The van der Waals surface area contributed by atoms with Gasteiger partial charge in [0.1, 0.15) is 5.69 Å². The van der Waals surface area contributed by atoms with Crippen LogP contribution in [0.25, 0.3) is 5.69 Å². The molecule has 2 aliphatic rings. The first-order valence-corrected chi connectivity index (χ1v) is 12.0. The van der Waals surface area contributed by atoms with Gasteiger partial charge in [-0.3, -0.25) is 29.4 Å². The van der Waals surface area contributed by atoms with Crippen molar-refractivity contribution in [3.05, 3.63) is 62.1 Å². The number of carbonyl (C=O) groups is 2. The van der Waals surface area contributed by atoms with Gasteiger partial charge in [-0.2, -0.15) is 5.10 Å². The fourth-order valence-electron chi connectivity index (χ4n) is 4.61. The van der Waals surface area contributed by atoms with Crippen molar-refractivity contribution in [3.63, 3.8) is 0 Å². The summed E-state index contributed by atoms with van der Waals surface area (Å²) in [4.78, 5) is 54.9. The van der Waals surface area contributed by atoms with Crippen molar-refractivity contribution >= 4 is 17.5 Å². The number of nitrogens with zero attached hydrogens (tertiary/aromatic N) is 6. The van der Waals surface area contributed by atoms with Gasteiger partial charge in [0.05, 0.1) is 11.5 Å². The molecule has 0 spiro atoms. The van der Waals surface area contributed by atoms with E-state index in [1.54, 1.807) is 24.0 Å². The lowest BCUT2D eigenvalue weighted by Gasteiger charge is -2.35. The minimum atomic E-state index is -0.527. The third-order valence-electron chi connectivity index (χ3n) is 6.59. The zero-order valence-electron chi connectivity index (χ0n) is 19.9. The van der Waals surface area contributed by atoms with E-state index < -0.39 is 16.3 Å². The van der Waals surface area contributed by atoms with Crippen LogP contribution in [0.15, 0.2) is 35.1 Å². The summed E-state index contributed by atoms with van der Waals surface area (Å²) >= 11 is 0. The zero-order chi connectivity index (χ0) is 24.9. The predicted molar refractivity (Wildman–Crippen MR) is 129 cm³/mol. The van der Waals surface area contributed by atoms with Crippen molar-refractivity contribution in [1.29, 1.82) is 0 Å². The van der Waals surface area contributed by atoms with Crippen LogP contribution in [0, 0.1) is 17.0 Å². The number of hydrogen-bond acceptors (Lipinski definition) is 7. The molecule has 35 heavy (non-hydrogen) atoms. The largest absolute Gasteiger partial charge is 0.342 e. The Labute approximate surface area is 203 Å². The minimum absolute atomic E-state index is 0.124. The molecule has 0 saturated carbocycles. The molecule has 4 rings (SSSR count). The summed E-state index contributed by atoms with van der Waals surface area (Å²) in [5.41, 5.74) is -0.407. The Bertz CT molecular complexity index is 1160. The highest BCUT2D eigenvalue weighted by atomic mass is 16.6. The average molecular weight is 483 g/mol. The number of nitro benzene ring substituents is 1. The molecule has 0 aliphatic carbocycles. The van der Waals surface area contributed by atoms with Crippen molar-refractivity contribution in [2.75, 3.05) is 45.8 Å². The highest BCUT2D eigenvalue weighted by Crippen LogP contribution is 2.22. The molecule has 2 fully saturated rings. The highest BCUT2D eigenvalue weighted by molar-refractivity contribution is 5.92. The Kier molecular flexibility index (Phi) is 7.54. The van der Waals surface area contributed by atoms with E-state index in [9.17, 15) is 24.5 Å². The summed E-state index contributed by atoms with van der Waals surface area (Å²) in [5.74, 6) is -0.389. The van der Waals surface area contributed by atoms with Gasteiger partial charge in [-0.15, -0.1) is 0 Å². The Balaban J connectivity index is 1.45. The number of rotatable bonds is 5. The number of aromatic nitrogens is 2. The average Bonchev–Trinajstić information content (AvgIpc) is 3.14. The number of piperazine rings is 1. The van der Waals surface area contributed by atoms with Gasteiger partial charge in [-0.25, -0.2) is 4.68 Å². The van der Waals surface area contributed by atoms with Gasteiger partial charge in [0.2, 0.25) is 11.3 Å². The molecule has 2 amide bonds. The third-order valence-corrected chi connectivity index (χ3v) is 6.59. The van der Waals surface area contributed by atoms with E-state index in [1.807, 2.05) is 9.80 Å². The molecule has 0 atom stereocenters. The summed E-state index contributed by atoms with van der Waals surface area (Å²) < 4.78 is 1.27. The van der Waals surface area contributed by atoms with Crippen LogP contribution in [0.4, 0.5) is 5.69 Å². The third kappa shape index (κ3) is 5.56. The maximum atomic E-state index is 13.2. The van der Waals surface area contributed by atoms with E-state index in [-0.39, 0.29) is 23.0 Å². The van der Waals surface area contributed by atoms with Crippen LogP contribution in [0.2, 0.25) is 0 Å². The summed E-state index contributed by atoms with van der Waals surface area (Å²) in [7, 11) is 0. The number of likely N-dealkylation sites (tertiary alicyclic amines) is 1. The van der Waals surface area contributed by atoms with Crippen LogP contribution in [-0.4, -0.2) is 87.0 Å². The van der Waals surface area contributed by atoms with Crippen LogP contribution in [0.1, 0.15) is 41.9 Å². The topological polar surface area (TPSA) is 122 Å². The van der Waals surface area contributed by atoms with Crippen molar-refractivity contribution in [2.24, 2.45) is 0 Å². The molecule has 11 heteroatoms. The van der Waals surface area contributed by atoms with Crippen LogP contribution in [0.5, 0.6) is 0 Å². The maximum absolute atomic E-state index is 13.2. The van der Waals surface area contributed by atoms with E-state index in [4.69, 9.17) is 0 Å². The number of aryl methyl sites for hydroxylation is 1. The summed E-state index contributed by atoms with van der Waals surface area (Å²) in [6, 6.07) is 7.32. The molecule has 186 valence electrons. The van der Waals surface area contributed by atoms with Crippen molar-refractivity contribution < 1.29 is 14.5 Å². The Morgan fingerprint density at radius 2 is 1.63 bits per heavy atom. The van der Waals surface area contributed by atoms with Gasteiger partial charge in [0.15, 0.2) is 5.69 Å². The Morgan fingerprint density at radius 3 is 2.29 bits per heavy atom. The number of benzene rings is 1. The van der Waals surface area contributed by atoms with E-state index >= 15 is 0 Å². The van der Waals surface area contributed by atoms with Gasteiger partial charge >= 0.3 is 0 Å². The SMILES string of the molecule is Cc1cc(=O)c(C(=O)N2CCN(CC(=O)N3CCCCCC3)CC2)nn1-c1ccccc1[N+](=O)[O-]. The normalized spacial score (nSPS) is 17.2. The first kappa shape index (κ1) is 24.5. The maximum Gasteiger partial charge on any atom is 0.294 e. The molecule has 2 aromatic rings. The minimum Gasteiger partial charge on any atom is -0.342 e. The van der Waals surface area contributed by atoms with Gasteiger partial charge in [-0.05, 0) is 25.8 Å². The van der Waals surface area contributed by atoms with Crippen LogP contribution >= 0.6 is 0 Å². The van der Waals surface area contributed by atoms with Gasteiger partial charge < -0.3 is 9.80 Å². The van der Waals surface area contributed by atoms with E-state index in [0.29, 0.717) is 38.4 Å². The molecule has 0 unspecified atom stereocenters. The van der Waals surface area contributed by atoms with Gasteiger partial charge in [-0.1, -0.05) is 25.0 Å². The fraction of sp³-hybridized carbons (Fsp3) is 0.500. The molecule has 0 bridgehead atoms. The molecular weight excluding hydrogens is 452 g/mol. The Hall–Kier alpha value is -3.60. The van der Waals surface area contributed by atoms with E-state index in [2.05, 4.69) is 5.10 Å². The van der Waals surface area contributed by atoms with Crippen molar-refractivity contribution in [1.82, 2.24) is 24.5 Å². The first-order valence-electron chi connectivity index (χ1n) is 12.0. The lowest BCUT2D eigenvalue weighted by atomic mass is 10.2. The van der Waals surface area contributed by atoms with Gasteiger partial charge in [0, 0.05) is 57.1 Å². The lowest BCUT2D eigenvalue weighted by Crippen LogP contribution is -2.52. The smallest absolute Gasteiger partial charge is 0.294 e. The van der Waals surface area contributed by atoms with E-state index in [1.165, 1.54) is 22.9 Å². The number of para-hydroxylation sites is 2. The van der Waals surface area contributed by atoms with Crippen LogP contribution in [-0.2, 0) is 4.79 Å². The second kappa shape index (κ2) is 10.8. The molecule has 11 nitrogen and oxygen atoms in total. The Morgan fingerprint density at radius 1 is 0.971 bits per heavy atom. The van der Waals surface area contributed by atoms with Crippen molar-refractivity contribution in [2.45, 2.75) is 32.6 Å². The lowest BCUT2D eigenvalue weighted by molar-refractivity contribution is -0.384. The standard InChI is InChI=1S/C24H30N6O5/c1-18-16-21(31)23(25-29(18)19-8-4-5-9-20(19)30(34)35)24(33)28-14-12-26(13-15-28)17-22(32)27-10-6-2-3-7-11-27/h4-5,8-9,16H,2-3,6-7,10-15,17H2,1H3. The predicted octanol–water partition coefficient (Wildman–Crippen LogP) is 1.61. The molecule has 2 saturated heterocycles. The quantitative estimate of drug-likeness (QED) is 0.469. The molecular formula is C24H30N6O5. The molecule has 1 aromatic heterocycles. The second-order valence-corrected chi connectivity index (χ2v) is 9.02. The molecule has 2 aliphatic heterocycles. The monoisotopic (exact) mass is 482 g/mol. The fourth-order valence-corrected chi connectivity index (χ4v) is 4.61. The number of hydrogen-bond donors (Lipinski definition) is 0. The van der Waals surface area contributed by atoms with E-state index in [0.717, 1.165) is 38.8 Å². The highest BCUT2D eigenvalue weighted by Gasteiger charge is 2.28.